The number of allylic oxidation sites excluding steroid dienone is 1. The fraction of sp³-hybridized carbons (Fsp3) is 0.750. The van der Waals surface area contributed by atoms with Crippen LogP contribution in [0.15, 0.2) is 18.4 Å². The van der Waals surface area contributed by atoms with Crippen LogP contribution in [0.4, 0.5) is 0 Å². The van der Waals surface area contributed by atoms with Gasteiger partial charge in [-0.05, 0) is 43.6 Å². The highest BCUT2D eigenvalue weighted by Gasteiger charge is 2.34. The molecule has 0 aliphatic heterocycles. The van der Waals surface area contributed by atoms with Gasteiger partial charge in [-0.3, -0.25) is 0 Å². The van der Waals surface area contributed by atoms with Crippen LogP contribution in [0.25, 0.3) is 0 Å². The van der Waals surface area contributed by atoms with Gasteiger partial charge in [-0.15, -0.1) is 5.73 Å². The summed E-state index contributed by atoms with van der Waals surface area (Å²) in [5.74, 6) is 0. The van der Waals surface area contributed by atoms with Crippen molar-refractivity contribution < 1.29 is 0 Å². The van der Waals surface area contributed by atoms with E-state index in [1.807, 2.05) is 0 Å². The van der Waals surface area contributed by atoms with Crippen LogP contribution in [-0.2, 0) is 0 Å². The second kappa shape index (κ2) is 4.52. The second-order valence-electron chi connectivity index (χ2n) is 4.05. The van der Waals surface area contributed by atoms with Crippen LogP contribution >= 0.6 is 0 Å². The molecule has 0 heteroatoms. The molecular formula is C12H20. The standard InChI is InChI=1S/C12H20/c1-3-5-6-9-12(8-4-2)10-7-11-12/h5H,1,4,6-11H2,2H3. The Morgan fingerprint density at radius 1 is 1.42 bits per heavy atom. The minimum atomic E-state index is 0.724. The Kier molecular flexibility index (Phi) is 3.62. The quantitative estimate of drug-likeness (QED) is 0.537. The fourth-order valence-corrected chi connectivity index (χ4v) is 2.31. The first-order chi connectivity index (χ1) is 5.83. The maximum Gasteiger partial charge on any atom is -0.0269 e. The Labute approximate surface area is 76.4 Å². The zero-order chi connectivity index (χ0) is 8.86. The molecule has 12 heavy (non-hydrogen) atoms. The Morgan fingerprint density at radius 2 is 2.17 bits per heavy atom. The lowest BCUT2D eigenvalue weighted by atomic mass is 9.64. The molecule has 0 amide bonds. The first-order valence-corrected chi connectivity index (χ1v) is 5.17. The summed E-state index contributed by atoms with van der Waals surface area (Å²) in [5, 5.41) is 0. The first-order valence-electron chi connectivity index (χ1n) is 5.17. The van der Waals surface area contributed by atoms with Gasteiger partial charge in [0.1, 0.15) is 0 Å². The number of rotatable bonds is 5. The van der Waals surface area contributed by atoms with E-state index < -0.39 is 0 Å². The minimum absolute atomic E-state index is 0.724. The Bertz CT molecular complexity index is 168. The summed E-state index contributed by atoms with van der Waals surface area (Å²) in [6.07, 6.45) is 11.8. The minimum Gasteiger partial charge on any atom is -0.133 e. The Morgan fingerprint density at radius 3 is 2.58 bits per heavy atom. The Balaban J connectivity index is 2.28. The van der Waals surface area contributed by atoms with Gasteiger partial charge in [0.05, 0.1) is 0 Å². The lowest BCUT2D eigenvalue weighted by Crippen LogP contribution is -2.28. The van der Waals surface area contributed by atoms with E-state index >= 15 is 0 Å². The van der Waals surface area contributed by atoms with Crippen LogP contribution in [0.1, 0.15) is 51.9 Å². The van der Waals surface area contributed by atoms with Gasteiger partial charge in [-0.25, -0.2) is 0 Å². The SMILES string of the molecule is C=C=CCCC1(CCC)CCC1. The van der Waals surface area contributed by atoms with E-state index in [2.05, 4.69) is 25.3 Å². The van der Waals surface area contributed by atoms with Crippen molar-refractivity contribution in [1.29, 1.82) is 0 Å². The molecule has 1 saturated carbocycles. The zero-order valence-electron chi connectivity index (χ0n) is 8.23. The molecule has 0 spiro atoms. The summed E-state index contributed by atoms with van der Waals surface area (Å²) in [6, 6.07) is 0. The molecule has 68 valence electrons. The molecule has 1 aliphatic carbocycles. The van der Waals surface area contributed by atoms with Crippen molar-refractivity contribution in [2.75, 3.05) is 0 Å². The predicted octanol–water partition coefficient (Wildman–Crippen LogP) is 4.08. The summed E-state index contributed by atoms with van der Waals surface area (Å²) in [4.78, 5) is 0. The molecule has 0 bridgehead atoms. The van der Waals surface area contributed by atoms with Crippen LogP contribution in [0.2, 0.25) is 0 Å². The third kappa shape index (κ3) is 2.25. The van der Waals surface area contributed by atoms with Crippen molar-refractivity contribution in [2.45, 2.75) is 51.9 Å². The van der Waals surface area contributed by atoms with Crippen molar-refractivity contribution in [3.8, 4) is 0 Å². The monoisotopic (exact) mass is 164 g/mol. The smallest absolute Gasteiger partial charge is 0.0269 e. The average molecular weight is 164 g/mol. The Hall–Kier alpha value is -0.480. The topological polar surface area (TPSA) is 0 Å². The molecule has 0 aromatic heterocycles. The third-order valence-corrected chi connectivity index (χ3v) is 3.16. The largest absolute Gasteiger partial charge is 0.133 e. The molecule has 0 saturated heterocycles. The summed E-state index contributed by atoms with van der Waals surface area (Å²) < 4.78 is 0. The average Bonchev–Trinajstić information content (AvgIpc) is 2.00. The van der Waals surface area contributed by atoms with Gasteiger partial charge < -0.3 is 0 Å². The molecule has 0 aromatic rings. The van der Waals surface area contributed by atoms with E-state index in [1.54, 1.807) is 0 Å². The van der Waals surface area contributed by atoms with Crippen LogP contribution in [-0.4, -0.2) is 0 Å². The zero-order valence-corrected chi connectivity index (χ0v) is 8.23. The molecule has 1 rings (SSSR count). The summed E-state index contributed by atoms with van der Waals surface area (Å²) in [5.41, 5.74) is 3.58. The van der Waals surface area contributed by atoms with Crippen LogP contribution in [0.5, 0.6) is 0 Å². The molecule has 1 fully saturated rings. The van der Waals surface area contributed by atoms with Crippen molar-refractivity contribution in [1.82, 2.24) is 0 Å². The van der Waals surface area contributed by atoms with Crippen LogP contribution in [0.3, 0.4) is 0 Å². The van der Waals surface area contributed by atoms with Crippen molar-refractivity contribution in [3.05, 3.63) is 18.4 Å². The number of hydrogen-bond donors (Lipinski definition) is 0. The summed E-state index contributed by atoms with van der Waals surface area (Å²) in [7, 11) is 0. The van der Waals surface area contributed by atoms with Gasteiger partial charge in [0, 0.05) is 0 Å². The lowest BCUT2D eigenvalue weighted by Gasteiger charge is -2.42. The molecule has 0 aromatic carbocycles. The molecular weight excluding hydrogens is 144 g/mol. The highest BCUT2D eigenvalue weighted by molar-refractivity contribution is 4.90. The molecule has 1 aliphatic rings. The molecule has 0 N–H and O–H groups in total. The van der Waals surface area contributed by atoms with Crippen molar-refractivity contribution in [3.63, 3.8) is 0 Å². The lowest BCUT2D eigenvalue weighted by molar-refractivity contribution is 0.106. The van der Waals surface area contributed by atoms with E-state index in [9.17, 15) is 0 Å². The maximum absolute atomic E-state index is 3.59. The first kappa shape index (κ1) is 9.61. The maximum atomic E-state index is 3.59. The highest BCUT2D eigenvalue weighted by Crippen LogP contribution is 2.48. The normalized spacial score (nSPS) is 19.4. The number of hydrogen-bond acceptors (Lipinski definition) is 0. The molecule has 0 atom stereocenters. The van der Waals surface area contributed by atoms with E-state index in [4.69, 9.17) is 0 Å². The van der Waals surface area contributed by atoms with E-state index in [0.29, 0.717) is 0 Å². The van der Waals surface area contributed by atoms with E-state index in [0.717, 1.165) is 5.41 Å². The van der Waals surface area contributed by atoms with Gasteiger partial charge in [0.25, 0.3) is 0 Å². The van der Waals surface area contributed by atoms with Crippen molar-refractivity contribution in [2.24, 2.45) is 5.41 Å². The van der Waals surface area contributed by atoms with Crippen molar-refractivity contribution >= 4 is 0 Å². The molecule has 0 nitrogen and oxygen atoms in total. The van der Waals surface area contributed by atoms with E-state index in [1.165, 1.54) is 44.9 Å². The van der Waals surface area contributed by atoms with Crippen LogP contribution in [0, 0.1) is 5.41 Å². The van der Waals surface area contributed by atoms with Gasteiger partial charge in [0.15, 0.2) is 0 Å². The third-order valence-electron chi connectivity index (χ3n) is 3.16. The van der Waals surface area contributed by atoms with Crippen LogP contribution < -0.4 is 0 Å². The predicted molar refractivity (Wildman–Crippen MR) is 54.1 cm³/mol. The second-order valence-corrected chi connectivity index (χ2v) is 4.05. The highest BCUT2D eigenvalue weighted by atomic mass is 14.4. The van der Waals surface area contributed by atoms with Gasteiger partial charge in [-0.1, -0.05) is 26.3 Å². The fourth-order valence-electron chi connectivity index (χ4n) is 2.31. The van der Waals surface area contributed by atoms with Gasteiger partial charge >= 0.3 is 0 Å². The van der Waals surface area contributed by atoms with Gasteiger partial charge in [-0.2, -0.15) is 0 Å². The summed E-state index contributed by atoms with van der Waals surface area (Å²) in [6.45, 7) is 5.88. The molecule has 0 unspecified atom stereocenters. The molecule has 0 radical (unpaired) electrons. The summed E-state index contributed by atoms with van der Waals surface area (Å²) >= 11 is 0. The molecule has 0 heterocycles. The van der Waals surface area contributed by atoms with E-state index in [-0.39, 0.29) is 0 Å². The van der Waals surface area contributed by atoms with Gasteiger partial charge in [0.2, 0.25) is 0 Å².